The Hall–Kier alpha value is -0.240. The summed E-state index contributed by atoms with van der Waals surface area (Å²) in [5.74, 6) is 0.864. The van der Waals surface area contributed by atoms with Crippen molar-refractivity contribution < 1.29 is 4.79 Å². The molecule has 8 heavy (non-hydrogen) atoms. The topological polar surface area (TPSA) is 17.1 Å². The van der Waals surface area contributed by atoms with Crippen molar-refractivity contribution in [3.63, 3.8) is 0 Å². The highest BCUT2D eigenvalue weighted by molar-refractivity contribution is 8.14. The average Bonchev–Trinajstić information content (AvgIpc) is 1.68. The normalized spacial score (nSPS) is 10.2. The van der Waals surface area contributed by atoms with Crippen LogP contribution in [0.5, 0.6) is 0 Å². The van der Waals surface area contributed by atoms with Crippen molar-refractivity contribution in [2.75, 3.05) is 5.75 Å². The Labute approximate surface area is 54.2 Å². The lowest BCUT2D eigenvalue weighted by atomic mass is 10.6. The molecule has 0 saturated carbocycles. The number of carbonyl (C=O) groups is 1. The summed E-state index contributed by atoms with van der Waals surface area (Å²) in [6.45, 7) is 3.81. The number of rotatable bonds is 2. The van der Waals surface area contributed by atoms with Gasteiger partial charge in [0.05, 0.1) is 0 Å². The van der Waals surface area contributed by atoms with E-state index in [1.165, 1.54) is 11.8 Å². The van der Waals surface area contributed by atoms with Crippen LogP contribution in [-0.2, 0) is 4.79 Å². The van der Waals surface area contributed by atoms with Crippen LogP contribution in [0.15, 0.2) is 12.2 Å². The van der Waals surface area contributed by atoms with E-state index < -0.39 is 0 Å². The van der Waals surface area contributed by atoms with E-state index in [2.05, 4.69) is 0 Å². The van der Waals surface area contributed by atoms with E-state index >= 15 is 0 Å². The molecule has 0 amide bonds. The molecule has 2 heteroatoms. The molecule has 0 radical (unpaired) electrons. The predicted octanol–water partition coefficient (Wildman–Crippen LogP) is 1.84. The van der Waals surface area contributed by atoms with Gasteiger partial charge in [-0.25, -0.2) is 0 Å². The van der Waals surface area contributed by atoms with E-state index in [0.29, 0.717) is 0 Å². The third-order valence-corrected chi connectivity index (χ3v) is 1.30. The lowest BCUT2D eigenvalue weighted by molar-refractivity contribution is -0.107. The smallest absolute Gasteiger partial charge is 0.211 e. The lowest BCUT2D eigenvalue weighted by Crippen LogP contribution is -1.82. The first-order chi connectivity index (χ1) is 3.81. The molecule has 0 rings (SSSR count). The summed E-state index contributed by atoms with van der Waals surface area (Å²) in [6, 6.07) is 0. The van der Waals surface area contributed by atoms with Crippen molar-refractivity contribution in [1.82, 2.24) is 0 Å². The molecule has 0 aliphatic carbocycles. The summed E-state index contributed by atoms with van der Waals surface area (Å²) >= 11 is 1.33. The minimum atomic E-state index is 0.148. The zero-order valence-electron chi connectivity index (χ0n) is 5.18. The van der Waals surface area contributed by atoms with Gasteiger partial charge in [-0.1, -0.05) is 24.8 Å². The summed E-state index contributed by atoms with van der Waals surface area (Å²) in [5.41, 5.74) is 0. The molecule has 0 aliphatic heterocycles. The molecule has 0 saturated heterocycles. The van der Waals surface area contributed by atoms with E-state index in [1.54, 1.807) is 12.2 Å². The Morgan fingerprint density at radius 3 is 2.75 bits per heavy atom. The molecule has 0 N–H and O–H groups in total. The summed E-state index contributed by atoms with van der Waals surface area (Å²) in [4.78, 5) is 10.5. The molecule has 46 valence electrons. The maximum Gasteiger partial charge on any atom is 0.211 e. The standard InChI is InChI=1S/C6H10OS/c1-3-5-6(7)8-4-2/h3,5H,4H2,1-2H3/b5-3+. The molecule has 0 fully saturated rings. The van der Waals surface area contributed by atoms with Crippen molar-refractivity contribution in [2.24, 2.45) is 0 Å². The number of hydrogen-bond acceptors (Lipinski definition) is 2. The van der Waals surface area contributed by atoms with Crippen molar-refractivity contribution >= 4 is 16.9 Å². The highest BCUT2D eigenvalue weighted by atomic mass is 32.2. The van der Waals surface area contributed by atoms with Gasteiger partial charge in [-0.15, -0.1) is 0 Å². The highest BCUT2D eigenvalue weighted by Crippen LogP contribution is 2.00. The zero-order chi connectivity index (χ0) is 6.41. The van der Waals surface area contributed by atoms with Crippen LogP contribution in [0.4, 0.5) is 0 Å². The van der Waals surface area contributed by atoms with Gasteiger partial charge in [0.1, 0.15) is 0 Å². The van der Waals surface area contributed by atoms with Crippen LogP contribution in [0, 0.1) is 0 Å². The minimum Gasteiger partial charge on any atom is -0.282 e. The molecule has 0 aliphatic rings. The molecule has 0 spiro atoms. The first-order valence-electron chi connectivity index (χ1n) is 2.60. The molecular formula is C6H10OS. The fraction of sp³-hybridized carbons (Fsp3) is 0.500. The largest absolute Gasteiger partial charge is 0.282 e. The van der Waals surface area contributed by atoms with Gasteiger partial charge >= 0.3 is 0 Å². The van der Waals surface area contributed by atoms with Crippen molar-refractivity contribution in [3.05, 3.63) is 12.2 Å². The van der Waals surface area contributed by atoms with E-state index in [1.807, 2.05) is 13.8 Å². The van der Waals surface area contributed by atoms with Crippen LogP contribution in [0.3, 0.4) is 0 Å². The van der Waals surface area contributed by atoms with Gasteiger partial charge in [0, 0.05) is 0 Å². The Bertz CT molecular complexity index is 96.7. The van der Waals surface area contributed by atoms with E-state index in [0.717, 1.165) is 5.75 Å². The van der Waals surface area contributed by atoms with Gasteiger partial charge in [-0.05, 0) is 18.8 Å². The second kappa shape index (κ2) is 4.91. The number of thioether (sulfide) groups is 1. The van der Waals surface area contributed by atoms with Crippen LogP contribution in [-0.4, -0.2) is 10.9 Å². The summed E-state index contributed by atoms with van der Waals surface area (Å²) in [6.07, 6.45) is 3.33. The number of hydrogen-bond donors (Lipinski definition) is 0. The molecule has 0 aromatic carbocycles. The van der Waals surface area contributed by atoms with Crippen molar-refractivity contribution in [1.29, 1.82) is 0 Å². The fourth-order valence-electron chi connectivity index (χ4n) is 0.326. The van der Waals surface area contributed by atoms with Gasteiger partial charge < -0.3 is 0 Å². The van der Waals surface area contributed by atoms with Gasteiger partial charge in [0.25, 0.3) is 0 Å². The van der Waals surface area contributed by atoms with E-state index in [-0.39, 0.29) is 5.12 Å². The van der Waals surface area contributed by atoms with Crippen LogP contribution in [0.2, 0.25) is 0 Å². The molecule has 1 nitrogen and oxygen atoms in total. The Balaban J connectivity index is 3.33. The average molecular weight is 130 g/mol. The highest BCUT2D eigenvalue weighted by Gasteiger charge is 1.89. The Morgan fingerprint density at radius 1 is 1.75 bits per heavy atom. The monoisotopic (exact) mass is 130 g/mol. The zero-order valence-corrected chi connectivity index (χ0v) is 5.99. The molecule has 0 atom stereocenters. The van der Waals surface area contributed by atoms with Crippen LogP contribution in [0.1, 0.15) is 13.8 Å². The van der Waals surface area contributed by atoms with E-state index in [9.17, 15) is 4.79 Å². The SMILES string of the molecule is C/C=C/C(=O)SCC. The fourth-order valence-corrected chi connectivity index (χ4v) is 0.843. The lowest BCUT2D eigenvalue weighted by Gasteiger charge is -1.84. The number of allylic oxidation sites excluding steroid dienone is 1. The van der Waals surface area contributed by atoms with Gasteiger partial charge in [-0.3, -0.25) is 4.79 Å². The van der Waals surface area contributed by atoms with Crippen LogP contribution in [0.25, 0.3) is 0 Å². The molecule has 0 aromatic heterocycles. The first kappa shape index (κ1) is 7.76. The van der Waals surface area contributed by atoms with E-state index in [4.69, 9.17) is 0 Å². The maximum absolute atomic E-state index is 10.5. The van der Waals surface area contributed by atoms with Crippen LogP contribution >= 0.6 is 11.8 Å². The first-order valence-corrected chi connectivity index (χ1v) is 3.59. The third kappa shape index (κ3) is 3.93. The molecule has 0 unspecified atom stereocenters. The summed E-state index contributed by atoms with van der Waals surface area (Å²) in [7, 11) is 0. The van der Waals surface area contributed by atoms with Gasteiger partial charge in [-0.2, -0.15) is 0 Å². The minimum absolute atomic E-state index is 0.148. The predicted molar refractivity (Wildman–Crippen MR) is 38.0 cm³/mol. The second-order valence-electron chi connectivity index (χ2n) is 1.25. The maximum atomic E-state index is 10.5. The Morgan fingerprint density at radius 2 is 2.38 bits per heavy atom. The second-order valence-corrected chi connectivity index (χ2v) is 2.52. The molecular weight excluding hydrogens is 120 g/mol. The van der Waals surface area contributed by atoms with Crippen molar-refractivity contribution in [2.45, 2.75) is 13.8 Å². The van der Waals surface area contributed by atoms with Gasteiger partial charge in [0.15, 0.2) is 0 Å². The van der Waals surface area contributed by atoms with Crippen LogP contribution < -0.4 is 0 Å². The molecule has 0 heterocycles. The number of carbonyl (C=O) groups excluding carboxylic acids is 1. The quantitative estimate of drug-likeness (QED) is 0.530. The third-order valence-electron chi connectivity index (χ3n) is 0.589. The Kier molecular flexibility index (Phi) is 4.76. The summed E-state index contributed by atoms with van der Waals surface area (Å²) in [5, 5.41) is 0.148. The van der Waals surface area contributed by atoms with Crippen molar-refractivity contribution in [3.8, 4) is 0 Å². The molecule has 0 bridgehead atoms. The summed E-state index contributed by atoms with van der Waals surface area (Å²) < 4.78 is 0. The molecule has 0 aromatic rings. The van der Waals surface area contributed by atoms with Gasteiger partial charge in [0.2, 0.25) is 5.12 Å².